The van der Waals surface area contributed by atoms with Crippen LogP contribution in [0.25, 0.3) is 28.9 Å². The summed E-state index contributed by atoms with van der Waals surface area (Å²) in [5, 5.41) is 0. The van der Waals surface area contributed by atoms with Crippen LogP contribution in [0.2, 0.25) is 0 Å². The first kappa shape index (κ1) is 68.5. The average Bonchev–Trinajstić information content (AvgIpc) is 1.54. The van der Waals surface area contributed by atoms with Gasteiger partial charge in [0.15, 0.2) is 0 Å². The molecule has 5 aliphatic carbocycles. The Hall–Kier alpha value is -12.3. The van der Waals surface area contributed by atoms with Crippen molar-refractivity contribution < 1.29 is 27.0 Å². The molecule has 0 saturated heterocycles. The number of rotatable bonds is 16. The molecule has 3 unspecified atom stereocenters. The van der Waals surface area contributed by atoms with E-state index in [-0.39, 0.29) is 34.1 Å². The maximum Gasteiger partial charge on any atom is 0.127 e. The molecule has 109 heavy (non-hydrogen) atoms. The van der Waals surface area contributed by atoms with Crippen molar-refractivity contribution >= 4 is 46.2 Å². The van der Waals surface area contributed by atoms with Gasteiger partial charge in [0.2, 0.25) is 0 Å². The zero-order chi connectivity index (χ0) is 74.9. The topological polar surface area (TPSA) is 24.9 Å². The number of aryl methyl sites for hydroxylation is 2. The lowest BCUT2D eigenvalue weighted by molar-refractivity contribution is 0.349. The predicted molar refractivity (Wildman–Crippen MR) is 435 cm³/mol. The van der Waals surface area contributed by atoms with Gasteiger partial charge in [-0.15, -0.1) is 0 Å². The minimum atomic E-state index is -0.934. The molecular weight excluding hydrogens is 1350 g/mol. The fourth-order valence-electron chi connectivity index (χ4n) is 19.3. The Kier molecular flexibility index (Phi) is 16.4. The molecule has 534 valence electrons. The molecule has 0 fully saturated rings. The van der Waals surface area contributed by atoms with Crippen molar-refractivity contribution in [2.75, 3.05) is 9.80 Å². The smallest absolute Gasteiger partial charge is 0.127 e. The Morgan fingerprint density at radius 2 is 0.725 bits per heavy atom. The third kappa shape index (κ3) is 11.1. The fraction of sp³-hybridized carbons (Fsp3) is 0.149. The van der Waals surface area contributed by atoms with Gasteiger partial charge in [0.25, 0.3) is 0 Å². The Bertz CT molecular complexity index is 5910. The van der Waals surface area contributed by atoms with E-state index in [0.29, 0.717) is 47.0 Å². The first-order chi connectivity index (χ1) is 52.8. The Labute approximate surface area is 635 Å². The normalized spacial score (nSPS) is 18.6. The number of nitrogens with zero attached hydrogens (tertiary/aromatic N) is 2. The average molecular weight is 1430 g/mol. The summed E-state index contributed by atoms with van der Waals surface area (Å²) in [5.41, 5.74) is 23.2. The predicted octanol–water partition coefficient (Wildman–Crippen LogP) is 26.8. The van der Waals surface area contributed by atoms with Crippen molar-refractivity contribution in [3.63, 3.8) is 0 Å². The van der Waals surface area contributed by atoms with Gasteiger partial charge < -0.3 is 19.3 Å². The molecule has 0 heterocycles. The van der Waals surface area contributed by atoms with Crippen molar-refractivity contribution in [2.24, 2.45) is 0 Å². The summed E-state index contributed by atoms with van der Waals surface area (Å²) in [6.45, 7) is 21.0. The fourth-order valence-corrected chi connectivity index (χ4v) is 19.3. The maximum absolute atomic E-state index is 15.9. The molecule has 0 aliphatic heterocycles. The van der Waals surface area contributed by atoms with E-state index >= 15 is 17.6 Å². The Morgan fingerprint density at radius 1 is 0.349 bits per heavy atom. The molecular formula is C101H80F4N2O2. The minimum absolute atomic E-state index is 0.280. The van der Waals surface area contributed by atoms with Crippen LogP contribution in [0.1, 0.15) is 142 Å². The van der Waals surface area contributed by atoms with Gasteiger partial charge in [-0.05, 0) is 313 Å². The first-order valence-corrected chi connectivity index (χ1v) is 37.5. The van der Waals surface area contributed by atoms with Crippen LogP contribution in [0.5, 0.6) is 23.0 Å². The summed E-state index contributed by atoms with van der Waals surface area (Å²) in [4.78, 5) is 4.65. The standard InChI is InChI=1S/C101H80F4N2O2/c1-9-65-19-41-79(42-20-65)108-81-45-27-69(28-46-81)100(67-23-31-71(102)32-24-67)87-17-13-11-15-83(87)85-49-35-75(57-91(85)100)106(73-39-53-95(104)63(3)55-73)77-37-51-89-93(59-77)99(61-97(89,5)6)62-98(7,8)90-52-38-78(60-94(90)99)107(74-40-54-96(105)64(4)56-74)76-36-50-86-84-16-12-14-18-88(84)101(92(86)58-76,68-25-33-72(103)34-26-68)70-29-47-82(48-30-70)109-80-43-21-66(10-2)22-44-80/h9-35,37-49,51-60H,1-2,36,50,61-62H2,3-8H3. The van der Waals surface area contributed by atoms with Crippen LogP contribution in [0.3, 0.4) is 0 Å². The van der Waals surface area contributed by atoms with Crippen LogP contribution in [0.4, 0.5) is 46.0 Å². The first-order valence-electron chi connectivity index (χ1n) is 37.5. The lowest BCUT2D eigenvalue weighted by Crippen LogP contribution is -2.31. The summed E-state index contributed by atoms with van der Waals surface area (Å²) in [7, 11) is 0. The number of hydrogen-bond donors (Lipinski definition) is 0. The number of allylic oxidation sites excluding steroid dienone is 4. The molecule has 0 N–H and O–H groups in total. The highest BCUT2D eigenvalue weighted by Crippen LogP contribution is 2.66. The third-order valence-electron chi connectivity index (χ3n) is 24.0. The SMILES string of the molecule is C=Cc1ccc(Oc2ccc(C3(c4ccc(F)cc4)C4=C(CCC(N(c5ccc(F)c(C)c5)c5ccc6c(c5)C5(CC6(C)C)CC(C)(C)c6ccc(N(c7ccc(F)c(C)c7)c7ccc8c(c7)C(c7ccc(F)cc7)(c7ccc(Oc9ccc(C=C)cc9)cc7)c7ccccc7-8)cc65)=C4)c4ccccc43)cc2)cc1. The Morgan fingerprint density at radius 3 is 1.20 bits per heavy atom. The molecule has 0 radical (unpaired) electrons. The summed E-state index contributed by atoms with van der Waals surface area (Å²) in [6.07, 6.45) is 9.02. The number of ether oxygens (including phenoxy) is 2. The molecule has 0 aromatic heterocycles. The monoisotopic (exact) mass is 1430 g/mol. The molecule has 0 bridgehead atoms. The zero-order valence-corrected chi connectivity index (χ0v) is 61.8. The van der Waals surface area contributed by atoms with Crippen molar-refractivity contribution in [3.8, 4) is 34.1 Å². The Balaban J connectivity index is 0.789. The second-order valence-corrected chi connectivity index (χ2v) is 31.4. The second-order valence-electron chi connectivity index (χ2n) is 31.4. The van der Waals surface area contributed by atoms with E-state index in [1.165, 1.54) is 27.8 Å². The van der Waals surface area contributed by atoms with Crippen LogP contribution in [-0.2, 0) is 27.1 Å². The number of anilines is 5. The highest BCUT2D eigenvalue weighted by molar-refractivity contribution is 5.92. The van der Waals surface area contributed by atoms with Gasteiger partial charge in [0, 0.05) is 39.5 Å². The number of benzene rings is 13. The van der Waals surface area contributed by atoms with Gasteiger partial charge in [-0.1, -0.05) is 193 Å². The molecule has 3 atom stereocenters. The maximum atomic E-state index is 15.9. The van der Waals surface area contributed by atoms with Crippen molar-refractivity contribution in [1.29, 1.82) is 0 Å². The number of halogens is 4. The van der Waals surface area contributed by atoms with Crippen LogP contribution in [0, 0.1) is 37.1 Å². The zero-order valence-electron chi connectivity index (χ0n) is 61.8. The van der Waals surface area contributed by atoms with Gasteiger partial charge >= 0.3 is 0 Å². The molecule has 5 aliphatic rings. The molecule has 4 nitrogen and oxygen atoms in total. The molecule has 1 spiro atoms. The highest BCUT2D eigenvalue weighted by atomic mass is 19.1. The van der Waals surface area contributed by atoms with E-state index < -0.39 is 16.2 Å². The van der Waals surface area contributed by atoms with Gasteiger partial charge in [-0.25, -0.2) is 17.6 Å². The van der Waals surface area contributed by atoms with Gasteiger partial charge in [0.05, 0.1) is 10.8 Å². The van der Waals surface area contributed by atoms with Crippen molar-refractivity contribution in [3.05, 3.63) is 428 Å². The van der Waals surface area contributed by atoms with E-state index in [0.717, 1.165) is 119 Å². The quantitative estimate of drug-likeness (QED) is 0.0900. The van der Waals surface area contributed by atoms with Gasteiger partial charge in [-0.3, -0.25) is 0 Å². The number of fused-ring (bicyclic) bond motifs is 9. The van der Waals surface area contributed by atoms with Gasteiger partial charge in [0.1, 0.15) is 46.3 Å². The summed E-state index contributed by atoms with van der Waals surface area (Å²) in [6, 6.07) is 95.0. The van der Waals surface area contributed by atoms with E-state index in [1.54, 1.807) is 42.5 Å². The van der Waals surface area contributed by atoms with Crippen molar-refractivity contribution in [1.82, 2.24) is 0 Å². The van der Waals surface area contributed by atoms with E-state index in [1.807, 2.05) is 141 Å². The van der Waals surface area contributed by atoms with E-state index in [2.05, 4.69) is 184 Å². The largest absolute Gasteiger partial charge is 0.457 e. The summed E-state index contributed by atoms with van der Waals surface area (Å²) >= 11 is 0. The highest BCUT2D eigenvalue weighted by Gasteiger charge is 2.57. The summed E-state index contributed by atoms with van der Waals surface area (Å²) in [5.74, 6) is 1.53. The van der Waals surface area contributed by atoms with Crippen molar-refractivity contribution in [2.45, 2.75) is 94.3 Å². The van der Waals surface area contributed by atoms with E-state index in [4.69, 9.17) is 9.47 Å². The lowest BCUT2D eigenvalue weighted by Gasteiger charge is -2.38. The van der Waals surface area contributed by atoms with Crippen LogP contribution in [-0.4, -0.2) is 0 Å². The molecule has 0 amide bonds. The summed E-state index contributed by atoms with van der Waals surface area (Å²) < 4.78 is 75.6. The van der Waals surface area contributed by atoms with Crippen LogP contribution in [0.15, 0.2) is 316 Å². The third-order valence-corrected chi connectivity index (χ3v) is 24.0. The van der Waals surface area contributed by atoms with Gasteiger partial charge in [-0.2, -0.15) is 0 Å². The molecule has 8 heteroatoms. The lowest BCUT2D eigenvalue weighted by atomic mass is 9.66. The second kappa shape index (κ2) is 26.0. The minimum Gasteiger partial charge on any atom is -0.457 e. The molecule has 0 saturated carbocycles. The molecule has 13 aromatic carbocycles. The van der Waals surface area contributed by atoms with E-state index in [9.17, 15) is 0 Å². The molecule has 18 rings (SSSR count). The molecule has 13 aromatic rings. The van der Waals surface area contributed by atoms with Crippen LogP contribution < -0.4 is 19.3 Å². The van der Waals surface area contributed by atoms with Crippen LogP contribution >= 0.6 is 0 Å². The number of hydrogen-bond acceptors (Lipinski definition) is 4.